The second-order valence-corrected chi connectivity index (χ2v) is 5.79. The topological polar surface area (TPSA) is 63.4 Å². The molecule has 0 bridgehead atoms. The highest BCUT2D eigenvalue weighted by Gasteiger charge is 2.31. The molecule has 2 atom stereocenters. The zero-order valence-electron chi connectivity index (χ0n) is 13.2. The van der Waals surface area contributed by atoms with E-state index in [1.165, 1.54) is 5.56 Å². The normalized spacial score (nSPS) is 21.4. The van der Waals surface area contributed by atoms with Crippen LogP contribution in [0.15, 0.2) is 18.2 Å². The van der Waals surface area contributed by atoms with Gasteiger partial charge in [0.25, 0.3) is 5.91 Å². The fraction of sp³-hybridized carbons (Fsp3) is 0.471. The van der Waals surface area contributed by atoms with Gasteiger partial charge in [-0.15, -0.1) is 0 Å². The number of ether oxygens (including phenoxy) is 2. The van der Waals surface area contributed by atoms with Crippen LogP contribution < -0.4 is 5.32 Å². The summed E-state index contributed by atoms with van der Waals surface area (Å²) < 4.78 is 11.0. The lowest BCUT2D eigenvalue weighted by Gasteiger charge is -2.18. The molecular weight excluding hydrogens is 280 g/mol. The van der Waals surface area contributed by atoms with Crippen LogP contribution in [0.5, 0.6) is 0 Å². The quantitative estimate of drug-likeness (QED) is 0.911. The SMILES string of the molecule is CCOC1COCC1NC(=O)c1[nH]c2ccc(C)cc2c1C. The number of hydrogen-bond acceptors (Lipinski definition) is 3. The van der Waals surface area contributed by atoms with Crippen molar-refractivity contribution in [1.82, 2.24) is 10.3 Å². The number of hydrogen-bond donors (Lipinski definition) is 2. The number of amides is 1. The Bertz CT molecular complexity index is 693. The van der Waals surface area contributed by atoms with Crippen LogP contribution in [-0.2, 0) is 9.47 Å². The number of fused-ring (bicyclic) bond motifs is 1. The number of nitrogens with one attached hydrogen (secondary N) is 2. The van der Waals surface area contributed by atoms with Crippen molar-refractivity contribution in [3.63, 3.8) is 0 Å². The highest BCUT2D eigenvalue weighted by Crippen LogP contribution is 2.23. The van der Waals surface area contributed by atoms with Crippen molar-refractivity contribution in [3.8, 4) is 0 Å². The molecule has 1 aromatic carbocycles. The Morgan fingerprint density at radius 1 is 1.41 bits per heavy atom. The van der Waals surface area contributed by atoms with E-state index in [4.69, 9.17) is 9.47 Å². The molecule has 5 nitrogen and oxygen atoms in total. The Kier molecular flexibility index (Phi) is 4.18. The molecule has 0 radical (unpaired) electrons. The van der Waals surface area contributed by atoms with Crippen molar-refractivity contribution in [2.75, 3.05) is 19.8 Å². The first-order valence-electron chi connectivity index (χ1n) is 7.69. The number of aromatic nitrogens is 1. The van der Waals surface area contributed by atoms with Crippen molar-refractivity contribution >= 4 is 16.8 Å². The summed E-state index contributed by atoms with van der Waals surface area (Å²) in [5.74, 6) is -0.105. The van der Waals surface area contributed by atoms with Gasteiger partial charge in [-0.1, -0.05) is 11.6 Å². The maximum absolute atomic E-state index is 12.6. The minimum absolute atomic E-state index is 0.0686. The van der Waals surface area contributed by atoms with Gasteiger partial charge in [-0.05, 0) is 38.5 Å². The molecule has 1 saturated heterocycles. The summed E-state index contributed by atoms with van der Waals surface area (Å²) in [5, 5.41) is 4.12. The average molecular weight is 302 g/mol. The molecule has 2 heterocycles. The van der Waals surface area contributed by atoms with E-state index in [2.05, 4.69) is 16.4 Å². The minimum atomic E-state index is -0.105. The number of H-pyrrole nitrogens is 1. The van der Waals surface area contributed by atoms with Crippen molar-refractivity contribution in [2.24, 2.45) is 0 Å². The van der Waals surface area contributed by atoms with Crippen LogP contribution >= 0.6 is 0 Å². The molecule has 0 aliphatic carbocycles. The van der Waals surface area contributed by atoms with E-state index in [-0.39, 0.29) is 18.1 Å². The van der Waals surface area contributed by atoms with E-state index in [1.54, 1.807) is 0 Å². The lowest BCUT2D eigenvalue weighted by atomic mass is 10.1. The lowest BCUT2D eigenvalue weighted by Crippen LogP contribution is -2.44. The van der Waals surface area contributed by atoms with E-state index in [0.717, 1.165) is 16.5 Å². The summed E-state index contributed by atoms with van der Waals surface area (Å²) in [6, 6.07) is 6.05. The molecule has 3 rings (SSSR count). The Balaban J connectivity index is 1.82. The molecule has 2 unspecified atom stereocenters. The van der Waals surface area contributed by atoms with Crippen LogP contribution in [0.2, 0.25) is 0 Å². The Labute approximate surface area is 130 Å². The second kappa shape index (κ2) is 6.10. The highest BCUT2D eigenvalue weighted by atomic mass is 16.5. The first kappa shape index (κ1) is 15.1. The highest BCUT2D eigenvalue weighted by molar-refractivity contribution is 6.01. The predicted molar refractivity (Wildman–Crippen MR) is 85.3 cm³/mol. The van der Waals surface area contributed by atoms with Crippen molar-refractivity contribution < 1.29 is 14.3 Å². The lowest BCUT2D eigenvalue weighted by molar-refractivity contribution is 0.0402. The molecule has 1 aliphatic rings. The molecule has 22 heavy (non-hydrogen) atoms. The number of rotatable bonds is 4. The van der Waals surface area contributed by atoms with Crippen LogP contribution in [0.25, 0.3) is 10.9 Å². The minimum Gasteiger partial charge on any atom is -0.376 e. The molecule has 0 spiro atoms. The average Bonchev–Trinajstić information content (AvgIpc) is 3.05. The van der Waals surface area contributed by atoms with Gasteiger partial charge in [0.15, 0.2) is 0 Å². The van der Waals surface area contributed by atoms with Crippen molar-refractivity contribution in [2.45, 2.75) is 32.9 Å². The van der Waals surface area contributed by atoms with Crippen LogP contribution in [0.3, 0.4) is 0 Å². The number of aromatic amines is 1. The van der Waals surface area contributed by atoms with Gasteiger partial charge in [0, 0.05) is 17.5 Å². The summed E-state index contributed by atoms with van der Waals surface area (Å²) in [5.41, 5.74) is 3.75. The maximum Gasteiger partial charge on any atom is 0.268 e. The Morgan fingerprint density at radius 3 is 3.00 bits per heavy atom. The fourth-order valence-corrected chi connectivity index (χ4v) is 2.96. The molecule has 2 aromatic rings. The molecule has 5 heteroatoms. The fourth-order valence-electron chi connectivity index (χ4n) is 2.96. The first-order chi connectivity index (χ1) is 10.6. The molecule has 1 aliphatic heterocycles. The summed E-state index contributed by atoms with van der Waals surface area (Å²) in [4.78, 5) is 15.8. The molecule has 118 valence electrons. The standard InChI is InChI=1S/C17H22N2O3/c1-4-22-15-9-21-8-14(15)19-17(20)16-11(3)12-7-10(2)5-6-13(12)18-16/h5-7,14-15,18H,4,8-9H2,1-3H3,(H,19,20). The number of benzene rings is 1. The van der Waals surface area contributed by atoms with Gasteiger partial charge < -0.3 is 19.8 Å². The predicted octanol–water partition coefficient (Wildman–Crippen LogP) is 2.32. The monoisotopic (exact) mass is 302 g/mol. The zero-order valence-corrected chi connectivity index (χ0v) is 13.2. The first-order valence-corrected chi connectivity index (χ1v) is 7.69. The van der Waals surface area contributed by atoms with E-state index < -0.39 is 0 Å². The van der Waals surface area contributed by atoms with E-state index in [1.807, 2.05) is 32.9 Å². The number of carbonyl (C=O) groups is 1. The van der Waals surface area contributed by atoms with Crippen molar-refractivity contribution in [1.29, 1.82) is 0 Å². The molecule has 1 fully saturated rings. The summed E-state index contributed by atoms with van der Waals surface area (Å²) >= 11 is 0. The summed E-state index contributed by atoms with van der Waals surface area (Å²) in [6.07, 6.45) is -0.0686. The van der Waals surface area contributed by atoms with Gasteiger partial charge in [-0.3, -0.25) is 4.79 Å². The number of aryl methyl sites for hydroxylation is 2. The van der Waals surface area contributed by atoms with Crippen LogP contribution in [0.1, 0.15) is 28.5 Å². The van der Waals surface area contributed by atoms with Crippen LogP contribution in [0, 0.1) is 13.8 Å². The zero-order chi connectivity index (χ0) is 15.7. The third kappa shape index (κ3) is 2.74. The molecule has 0 saturated carbocycles. The molecular formula is C17H22N2O3. The second-order valence-electron chi connectivity index (χ2n) is 5.79. The number of carbonyl (C=O) groups excluding carboxylic acids is 1. The third-order valence-corrected chi connectivity index (χ3v) is 4.17. The van der Waals surface area contributed by atoms with Crippen LogP contribution in [-0.4, -0.2) is 42.9 Å². The molecule has 1 amide bonds. The molecule has 2 N–H and O–H groups in total. The smallest absolute Gasteiger partial charge is 0.268 e. The van der Waals surface area contributed by atoms with E-state index in [0.29, 0.717) is 25.5 Å². The Hall–Kier alpha value is -1.85. The third-order valence-electron chi connectivity index (χ3n) is 4.17. The maximum atomic E-state index is 12.6. The Morgan fingerprint density at radius 2 is 2.23 bits per heavy atom. The van der Waals surface area contributed by atoms with Gasteiger partial charge in [-0.25, -0.2) is 0 Å². The summed E-state index contributed by atoms with van der Waals surface area (Å²) in [7, 11) is 0. The van der Waals surface area contributed by atoms with Gasteiger partial charge in [0.2, 0.25) is 0 Å². The van der Waals surface area contributed by atoms with Crippen LogP contribution in [0.4, 0.5) is 0 Å². The van der Waals surface area contributed by atoms with E-state index in [9.17, 15) is 4.79 Å². The van der Waals surface area contributed by atoms with Gasteiger partial charge in [0.1, 0.15) is 11.8 Å². The van der Waals surface area contributed by atoms with Gasteiger partial charge in [-0.2, -0.15) is 0 Å². The summed E-state index contributed by atoms with van der Waals surface area (Å²) in [6.45, 7) is 7.61. The largest absolute Gasteiger partial charge is 0.376 e. The molecule has 1 aromatic heterocycles. The van der Waals surface area contributed by atoms with Gasteiger partial charge in [0.05, 0.1) is 19.3 Å². The van der Waals surface area contributed by atoms with E-state index >= 15 is 0 Å². The van der Waals surface area contributed by atoms with Crippen molar-refractivity contribution in [3.05, 3.63) is 35.0 Å². The van der Waals surface area contributed by atoms with Gasteiger partial charge >= 0.3 is 0 Å².